The molecule has 0 N–H and O–H groups in total. The minimum Gasteiger partial charge on any atom is -0.302 e. The number of anilines is 6. The Morgan fingerprint density at radius 1 is 0.391 bits per heavy atom. The van der Waals surface area contributed by atoms with Crippen LogP contribution in [-0.4, -0.2) is 23.1 Å². The Bertz CT molecular complexity index is 1750. The molecule has 0 aliphatic heterocycles. The molecule has 0 atom stereocenters. The standard InChI is InChI=1S/C38H28N2O4S2/c41-31(25-33(43)35-21-23-37(45-35)39(27-13-5-1-6-14-27)28-15-7-2-8-16-28)32(42)26-34(44)36-22-24-38(46-36)40(29-17-9-3-10-18-29)30-19-11-4-12-20-30/h1-24H,25-26H2. The van der Waals surface area contributed by atoms with Crippen molar-refractivity contribution in [3.63, 3.8) is 0 Å². The van der Waals surface area contributed by atoms with Crippen molar-refractivity contribution in [2.24, 2.45) is 0 Å². The van der Waals surface area contributed by atoms with E-state index in [1.165, 1.54) is 22.7 Å². The average molecular weight is 641 g/mol. The fourth-order valence-electron chi connectivity index (χ4n) is 4.97. The van der Waals surface area contributed by atoms with E-state index in [0.717, 1.165) is 32.8 Å². The highest BCUT2D eigenvalue weighted by atomic mass is 32.1. The molecule has 46 heavy (non-hydrogen) atoms. The zero-order chi connectivity index (χ0) is 31.9. The predicted octanol–water partition coefficient (Wildman–Crippen LogP) is 9.73. The van der Waals surface area contributed by atoms with Crippen LogP contribution in [0.25, 0.3) is 0 Å². The van der Waals surface area contributed by atoms with Gasteiger partial charge in [0.25, 0.3) is 0 Å². The Kier molecular flexibility index (Phi) is 9.38. The summed E-state index contributed by atoms with van der Waals surface area (Å²) in [5, 5.41) is 1.59. The third-order valence-corrected chi connectivity index (χ3v) is 9.41. The number of Topliss-reactive ketones (excluding diaryl/α,β-unsaturated/α-hetero) is 4. The smallest absolute Gasteiger partial charge is 0.206 e. The Labute approximate surface area is 274 Å². The van der Waals surface area contributed by atoms with Gasteiger partial charge in [0.2, 0.25) is 11.6 Å². The van der Waals surface area contributed by atoms with E-state index in [4.69, 9.17) is 0 Å². The van der Waals surface area contributed by atoms with E-state index >= 15 is 0 Å². The van der Waals surface area contributed by atoms with Crippen LogP contribution in [0.2, 0.25) is 0 Å². The van der Waals surface area contributed by atoms with Crippen LogP contribution in [0, 0.1) is 0 Å². The molecule has 0 bridgehead atoms. The van der Waals surface area contributed by atoms with Crippen LogP contribution < -0.4 is 9.80 Å². The summed E-state index contributed by atoms with van der Waals surface area (Å²) in [6.45, 7) is 0. The molecule has 0 amide bonds. The van der Waals surface area contributed by atoms with Gasteiger partial charge < -0.3 is 9.80 Å². The zero-order valence-electron chi connectivity index (χ0n) is 24.6. The summed E-state index contributed by atoms with van der Waals surface area (Å²) in [4.78, 5) is 56.6. The van der Waals surface area contributed by atoms with Gasteiger partial charge in [-0.2, -0.15) is 0 Å². The number of benzene rings is 4. The molecule has 6 nitrogen and oxygen atoms in total. The number of hydrogen-bond acceptors (Lipinski definition) is 8. The molecule has 226 valence electrons. The highest BCUT2D eigenvalue weighted by Crippen LogP contribution is 2.40. The van der Waals surface area contributed by atoms with Crippen LogP contribution in [0.15, 0.2) is 146 Å². The van der Waals surface area contributed by atoms with Gasteiger partial charge in [0.05, 0.1) is 22.6 Å². The summed E-state index contributed by atoms with van der Waals surface area (Å²) in [6.07, 6.45) is -1.18. The van der Waals surface area contributed by atoms with Crippen LogP contribution in [-0.2, 0) is 9.59 Å². The first kappa shape index (κ1) is 30.6. The summed E-state index contributed by atoms with van der Waals surface area (Å²) < 4.78 is 0. The van der Waals surface area contributed by atoms with Gasteiger partial charge in [0.15, 0.2) is 11.6 Å². The molecule has 0 aliphatic carbocycles. The number of nitrogens with zero attached hydrogens (tertiary/aromatic N) is 2. The lowest BCUT2D eigenvalue weighted by atomic mass is 10.0. The Morgan fingerprint density at radius 3 is 0.957 bits per heavy atom. The number of carbonyl (C=O) groups excluding carboxylic acids is 4. The van der Waals surface area contributed by atoms with Crippen LogP contribution >= 0.6 is 22.7 Å². The van der Waals surface area contributed by atoms with Crippen molar-refractivity contribution in [2.75, 3.05) is 9.80 Å². The highest BCUT2D eigenvalue weighted by molar-refractivity contribution is 7.18. The Hall–Kier alpha value is -5.44. The number of hydrogen-bond donors (Lipinski definition) is 0. The number of carbonyl (C=O) groups is 4. The minimum absolute atomic E-state index is 0.365. The molecule has 0 spiro atoms. The molecule has 2 heterocycles. The van der Waals surface area contributed by atoms with Crippen molar-refractivity contribution >= 4 is 78.6 Å². The van der Waals surface area contributed by atoms with Crippen LogP contribution in [0.4, 0.5) is 32.8 Å². The third-order valence-electron chi connectivity index (χ3n) is 7.18. The summed E-state index contributed by atoms with van der Waals surface area (Å²) in [6, 6.07) is 46.1. The normalized spacial score (nSPS) is 10.7. The SMILES string of the molecule is O=C(CC(=O)c1ccc(N(c2ccccc2)c2ccccc2)s1)C(=O)CC(=O)c1ccc(N(c2ccccc2)c2ccccc2)s1. The first-order chi connectivity index (χ1) is 22.5. The largest absolute Gasteiger partial charge is 0.302 e. The molecular weight excluding hydrogens is 613 g/mol. The monoisotopic (exact) mass is 640 g/mol. The maximum atomic E-state index is 13.1. The lowest BCUT2D eigenvalue weighted by molar-refractivity contribution is -0.135. The molecule has 0 radical (unpaired) electrons. The Morgan fingerprint density at radius 2 is 0.674 bits per heavy atom. The summed E-state index contributed by atoms with van der Waals surface area (Å²) in [5.74, 6) is -2.66. The van der Waals surface area contributed by atoms with E-state index in [0.29, 0.717) is 9.75 Å². The first-order valence-corrected chi connectivity index (χ1v) is 16.2. The van der Waals surface area contributed by atoms with Gasteiger partial charge in [-0.15, -0.1) is 22.7 Å². The van der Waals surface area contributed by atoms with Crippen molar-refractivity contribution in [3.05, 3.63) is 155 Å². The molecule has 8 heteroatoms. The van der Waals surface area contributed by atoms with Crippen LogP contribution in [0.1, 0.15) is 32.2 Å². The lowest BCUT2D eigenvalue weighted by Crippen LogP contribution is -2.20. The molecule has 6 aromatic rings. The van der Waals surface area contributed by atoms with Gasteiger partial charge in [0.1, 0.15) is 10.0 Å². The van der Waals surface area contributed by atoms with Crippen molar-refractivity contribution in [1.82, 2.24) is 0 Å². The zero-order valence-corrected chi connectivity index (χ0v) is 26.2. The summed E-state index contributed by atoms with van der Waals surface area (Å²) >= 11 is 2.50. The first-order valence-electron chi connectivity index (χ1n) is 14.6. The molecule has 6 rings (SSSR count). The molecular formula is C38H28N2O4S2. The predicted molar refractivity (Wildman–Crippen MR) is 186 cm³/mol. The van der Waals surface area contributed by atoms with E-state index in [-0.39, 0.29) is 0 Å². The minimum atomic E-state index is -0.872. The lowest BCUT2D eigenvalue weighted by Gasteiger charge is -2.23. The van der Waals surface area contributed by atoms with Crippen molar-refractivity contribution in [2.45, 2.75) is 12.8 Å². The molecule has 0 saturated carbocycles. The maximum Gasteiger partial charge on any atom is 0.206 e. The van der Waals surface area contributed by atoms with E-state index in [9.17, 15) is 19.2 Å². The highest BCUT2D eigenvalue weighted by Gasteiger charge is 2.25. The molecule has 0 unspecified atom stereocenters. The van der Waals surface area contributed by atoms with Crippen LogP contribution in [0.3, 0.4) is 0 Å². The van der Waals surface area contributed by atoms with Gasteiger partial charge in [-0.25, -0.2) is 0 Å². The molecule has 2 aromatic heterocycles. The molecule has 0 saturated heterocycles. The third kappa shape index (κ3) is 6.94. The summed E-state index contributed by atoms with van der Waals surface area (Å²) in [5.41, 5.74) is 3.69. The quantitative estimate of drug-likeness (QED) is 0.0711. The average Bonchev–Trinajstić information content (AvgIpc) is 3.78. The van der Waals surface area contributed by atoms with Gasteiger partial charge >= 0.3 is 0 Å². The van der Waals surface area contributed by atoms with Crippen LogP contribution in [0.5, 0.6) is 0 Å². The van der Waals surface area contributed by atoms with Gasteiger partial charge in [-0.1, -0.05) is 72.8 Å². The topological polar surface area (TPSA) is 74.8 Å². The van der Waals surface area contributed by atoms with E-state index in [1.54, 1.807) is 12.1 Å². The number of ketones is 4. The fraction of sp³-hybridized carbons (Fsp3) is 0.0526. The number of thiophene rings is 2. The second-order valence-electron chi connectivity index (χ2n) is 10.3. The molecule has 4 aromatic carbocycles. The van der Waals surface area contributed by atoms with E-state index < -0.39 is 36.0 Å². The van der Waals surface area contributed by atoms with Gasteiger partial charge in [-0.05, 0) is 72.8 Å². The van der Waals surface area contributed by atoms with Crippen molar-refractivity contribution < 1.29 is 19.2 Å². The number of para-hydroxylation sites is 4. The van der Waals surface area contributed by atoms with Crippen molar-refractivity contribution in [3.8, 4) is 0 Å². The molecule has 0 fully saturated rings. The summed E-state index contributed by atoms with van der Waals surface area (Å²) in [7, 11) is 0. The second-order valence-corrected chi connectivity index (χ2v) is 12.5. The fourth-order valence-corrected chi connectivity index (χ4v) is 6.95. The Balaban J connectivity index is 1.12. The number of rotatable bonds is 13. The van der Waals surface area contributed by atoms with Crippen molar-refractivity contribution in [1.29, 1.82) is 0 Å². The van der Waals surface area contributed by atoms with E-state index in [2.05, 4.69) is 0 Å². The van der Waals surface area contributed by atoms with Gasteiger partial charge in [-0.3, -0.25) is 19.2 Å². The van der Waals surface area contributed by atoms with Gasteiger partial charge in [0, 0.05) is 22.7 Å². The molecule has 0 aliphatic rings. The van der Waals surface area contributed by atoms with E-state index in [1.807, 2.05) is 143 Å². The second kappa shape index (κ2) is 14.1. The maximum absolute atomic E-state index is 13.1.